The number of rotatable bonds is 6. The Kier molecular flexibility index (Phi) is 6.69. The number of aromatic nitrogens is 3. The van der Waals surface area contributed by atoms with Crippen molar-refractivity contribution in [1.29, 1.82) is 0 Å². The van der Waals surface area contributed by atoms with Crippen LogP contribution in [0.4, 0.5) is 22.0 Å². The number of aryl methyl sites for hydroxylation is 1. The number of benzene rings is 3. The zero-order chi connectivity index (χ0) is 27.6. The number of nitro benzene ring substituents is 1. The molecule has 40 heavy (non-hydrogen) atoms. The summed E-state index contributed by atoms with van der Waals surface area (Å²) in [5, 5.41) is 21.1. The van der Waals surface area contributed by atoms with Gasteiger partial charge < -0.3 is 19.6 Å². The van der Waals surface area contributed by atoms with Gasteiger partial charge in [0.15, 0.2) is 0 Å². The first-order valence-corrected chi connectivity index (χ1v) is 13.2. The SMILES string of the molecule is CCCc1nc(N2CCN(C(=O)Nc3ccc([N+](=O)[O-])cc3)CC2)c2c(-c3ccc4ccccc4c3)noc2n1. The minimum Gasteiger partial charge on any atom is -0.352 e. The molecule has 11 nitrogen and oxygen atoms in total. The summed E-state index contributed by atoms with van der Waals surface area (Å²) < 4.78 is 5.74. The summed E-state index contributed by atoms with van der Waals surface area (Å²) in [4.78, 5) is 36.8. The van der Waals surface area contributed by atoms with Gasteiger partial charge in [-0.1, -0.05) is 48.5 Å². The normalized spacial score (nSPS) is 13.6. The number of nitrogens with one attached hydrogen (secondary N) is 1. The smallest absolute Gasteiger partial charge is 0.321 e. The number of fused-ring (bicyclic) bond motifs is 2. The zero-order valence-corrected chi connectivity index (χ0v) is 21.9. The Hall–Kier alpha value is -5.06. The molecule has 0 aliphatic carbocycles. The van der Waals surface area contributed by atoms with Crippen LogP contribution in [0.15, 0.2) is 71.3 Å². The Bertz CT molecular complexity index is 1710. The van der Waals surface area contributed by atoms with Gasteiger partial charge in [-0.2, -0.15) is 4.98 Å². The summed E-state index contributed by atoms with van der Waals surface area (Å²) in [5.74, 6) is 1.46. The molecule has 1 fully saturated rings. The number of nitro groups is 1. The Labute approximate surface area is 229 Å². The van der Waals surface area contributed by atoms with Gasteiger partial charge in [0.1, 0.15) is 22.7 Å². The summed E-state index contributed by atoms with van der Waals surface area (Å²) in [5.41, 5.74) is 2.55. The van der Waals surface area contributed by atoms with Crippen molar-refractivity contribution in [3.63, 3.8) is 0 Å². The molecule has 1 saturated heterocycles. The molecule has 202 valence electrons. The fourth-order valence-electron chi connectivity index (χ4n) is 4.97. The summed E-state index contributed by atoms with van der Waals surface area (Å²) in [6.07, 6.45) is 1.61. The first-order valence-electron chi connectivity index (χ1n) is 13.2. The summed E-state index contributed by atoms with van der Waals surface area (Å²) >= 11 is 0. The molecular weight excluding hydrogens is 510 g/mol. The van der Waals surface area contributed by atoms with Crippen LogP contribution in [0.25, 0.3) is 33.1 Å². The number of hydrogen-bond acceptors (Lipinski definition) is 8. The van der Waals surface area contributed by atoms with Crippen LogP contribution in [0.3, 0.4) is 0 Å². The molecule has 0 bridgehead atoms. The lowest BCUT2D eigenvalue weighted by Gasteiger charge is -2.35. The lowest BCUT2D eigenvalue weighted by Crippen LogP contribution is -2.50. The minimum atomic E-state index is -0.470. The van der Waals surface area contributed by atoms with Crippen LogP contribution in [-0.4, -0.2) is 57.2 Å². The fourth-order valence-corrected chi connectivity index (χ4v) is 4.97. The first kappa shape index (κ1) is 25.2. The van der Waals surface area contributed by atoms with Crippen LogP contribution in [0.5, 0.6) is 0 Å². The quantitative estimate of drug-likeness (QED) is 0.217. The van der Waals surface area contributed by atoms with Crippen LogP contribution >= 0.6 is 0 Å². The standard InChI is InChI=1S/C29H27N7O4/c1-2-5-24-31-27(25-26(33-40-28(25)32-24)21-9-8-19-6-3-4-7-20(19)18-21)34-14-16-35(17-15-34)29(37)30-22-10-12-23(13-11-22)36(38)39/h3-4,6-13,18H,2,5,14-17H2,1H3,(H,30,37). The van der Waals surface area contributed by atoms with Crippen LogP contribution in [0, 0.1) is 10.1 Å². The number of hydrogen-bond donors (Lipinski definition) is 1. The van der Waals surface area contributed by atoms with E-state index in [1.807, 2.05) is 18.2 Å². The maximum atomic E-state index is 12.9. The van der Waals surface area contributed by atoms with Crippen LogP contribution in [0.1, 0.15) is 19.2 Å². The molecule has 1 aliphatic heterocycles. The highest BCUT2D eigenvalue weighted by Gasteiger charge is 2.27. The van der Waals surface area contributed by atoms with Crippen LogP contribution < -0.4 is 10.2 Å². The van der Waals surface area contributed by atoms with Gasteiger partial charge in [0, 0.05) is 56.0 Å². The second kappa shape index (κ2) is 10.6. The summed E-state index contributed by atoms with van der Waals surface area (Å²) in [6.45, 7) is 4.16. The van der Waals surface area contributed by atoms with E-state index in [4.69, 9.17) is 9.51 Å². The van der Waals surface area contributed by atoms with E-state index < -0.39 is 4.92 Å². The number of amides is 2. The molecule has 2 aromatic heterocycles. The Balaban J connectivity index is 1.26. The lowest BCUT2D eigenvalue weighted by atomic mass is 10.0. The molecular formula is C29H27N7O4. The first-order chi connectivity index (χ1) is 19.5. The number of anilines is 2. The molecule has 1 N–H and O–H groups in total. The average Bonchev–Trinajstić information content (AvgIpc) is 3.41. The van der Waals surface area contributed by atoms with Crippen molar-refractivity contribution in [1.82, 2.24) is 20.0 Å². The van der Waals surface area contributed by atoms with E-state index >= 15 is 0 Å². The Morgan fingerprint density at radius 2 is 1.75 bits per heavy atom. The van der Waals surface area contributed by atoms with Crippen molar-refractivity contribution in [2.45, 2.75) is 19.8 Å². The Morgan fingerprint density at radius 1 is 1.00 bits per heavy atom. The van der Waals surface area contributed by atoms with Gasteiger partial charge in [-0.25, -0.2) is 9.78 Å². The molecule has 0 atom stereocenters. The predicted molar refractivity (Wildman–Crippen MR) is 152 cm³/mol. The van der Waals surface area contributed by atoms with Gasteiger partial charge in [0.25, 0.3) is 11.4 Å². The molecule has 3 heterocycles. The number of non-ortho nitro benzene ring substituents is 1. The number of urea groups is 1. The summed E-state index contributed by atoms with van der Waals surface area (Å²) in [6, 6.07) is 19.9. The maximum Gasteiger partial charge on any atom is 0.321 e. The number of nitrogens with zero attached hydrogens (tertiary/aromatic N) is 6. The number of piperazine rings is 1. The third-order valence-corrected chi connectivity index (χ3v) is 7.06. The third-order valence-electron chi connectivity index (χ3n) is 7.06. The van der Waals surface area contributed by atoms with E-state index in [1.54, 1.807) is 4.90 Å². The molecule has 5 aromatic rings. The van der Waals surface area contributed by atoms with Crippen LogP contribution in [-0.2, 0) is 6.42 Å². The van der Waals surface area contributed by atoms with Gasteiger partial charge in [-0.15, -0.1) is 0 Å². The predicted octanol–water partition coefficient (Wildman–Crippen LogP) is 5.65. The molecule has 11 heteroatoms. The second-order valence-corrected chi connectivity index (χ2v) is 9.69. The van der Waals surface area contributed by atoms with Crippen molar-refractivity contribution >= 4 is 45.1 Å². The highest BCUT2D eigenvalue weighted by atomic mass is 16.6. The number of carbonyl (C=O) groups excluding carboxylic acids is 1. The molecule has 3 aromatic carbocycles. The van der Waals surface area contributed by atoms with Crippen molar-refractivity contribution in [3.05, 3.63) is 82.7 Å². The third kappa shape index (κ3) is 4.89. The largest absolute Gasteiger partial charge is 0.352 e. The van der Waals surface area contributed by atoms with Crippen molar-refractivity contribution in [2.75, 3.05) is 36.4 Å². The lowest BCUT2D eigenvalue weighted by molar-refractivity contribution is -0.384. The van der Waals surface area contributed by atoms with Gasteiger partial charge in [-0.05, 0) is 35.4 Å². The zero-order valence-electron chi connectivity index (χ0n) is 21.9. The van der Waals surface area contributed by atoms with Crippen molar-refractivity contribution in [3.8, 4) is 11.3 Å². The van der Waals surface area contributed by atoms with E-state index in [0.29, 0.717) is 55.5 Å². The molecule has 0 radical (unpaired) electrons. The highest BCUT2D eigenvalue weighted by Crippen LogP contribution is 2.35. The van der Waals surface area contributed by atoms with Gasteiger partial charge in [0.05, 0.1) is 4.92 Å². The fraction of sp³-hybridized carbons (Fsp3) is 0.241. The molecule has 0 spiro atoms. The van der Waals surface area contributed by atoms with Crippen molar-refractivity contribution < 1.29 is 14.2 Å². The highest BCUT2D eigenvalue weighted by molar-refractivity contribution is 6.00. The van der Waals surface area contributed by atoms with Gasteiger partial charge >= 0.3 is 6.03 Å². The minimum absolute atomic E-state index is 0.0259. The molecule has 2 amide bonds. The van der Waals surface area contributed by atoms with Gasteiger partial charge in [0.2, 0.25) is 0 Å². The van der Waals surface area contributed by atoms with E-state index in [2.05, 4.69) is 51.5 Å². The van der Waals surface area contributed by atoms with E-state index in [0.717, 1.165) is 34.0 Å². The molecule has 0 unspecified atom stereocenters. The topological polar surface area (TPSA) is 131 Å². The molecule has 6 rings (SSSR count). The molecule has 1 aliphatic rings. The van der Waals surface area contributed by atoms with E-state index in [-0.39, 0.29) is 11.7 Å². The van der Waals surface area contributed by atoms with Crippen LogP contribution in [0.2, 0.25) is 0 Å². The van der Waals surface area contributed by atoms with E-state index in [1.165, 1.54) is 24.3 Å². The summed E-state index contributed by atoms with van der Waals surface area (Å²) in [7, 11) is 0. The number of carbonyl (C=O) groups is 1. The monoisotopic (exact) mass is 537 g/mol. The average molecular weight is 538 g/mol. The Morgan fingerprint density at radius 3 is 2.48 bits per heavy atom. The van der Waals surface area contributed by atoms with Gasteiger partial charge in [-0.3, -0.25) is 10.1 Å². The van der Waals surface area contributed by atoms with Crippen molar-refractivity contribution in [2.24, 2.45) is 0 Å². The molecule has 0 saturated carbocycles. The maximum absolute atomic E-state index is 12.9. The second-order valence-electron chi connectivity index (χ2n) is 9.69. The van der Waals surface area contributed by atoms with E-state index in [9.17, 15) is 14.9 Å².